The molecule has 0 heterocycles. The Hall–Kier alpha value is -2.34. The van der Waals surface area contributed by atoms with Crippen LogP contribution in [0, 0.1) is 0 Å². The number of carbonyl (C=O) groups excluding carboxylic acids is 3. The average molecular weight is 514 g/mol. The van der Waals surface area contributed by atoms with Gasteiger partial charge in [-0.15, -0.1) is 0 Å². The van der Waals surface area contributed by atoms with E-state index in [0.29, 0.717) is 0 Å². The smallest absolute Gasteiger partial charge is 0.298 e. The van der Waals surface area contributed by atoms with Gasteiger partial charge in [0, 0.05) is 21.7 Å². The van der Waals surface area contributed by atoms with E-state index >= 15 is 0 Å². The van der Waals surface area contributed by atoms with Gasteiger partial charge in [-0.3, -0.25) is 18.6 Å². The topological polar surface area (TPSA) is 134 Å². The number of ketones is 2. The molecule has 0 aliphatic rings. The van der Waals surface area contributed by atoms with E-state index in [1.54, 1.807) is 6.92 Å². The van der Waals surface area contributed by atoms with E-state index in [9.17, 15) is 22.8 Å². The van der Waals surface area contributed by atoms with Crippen molar-refractivity contribution in [2.75, 3.05) is 33.8 Å². The molecule has 1 amide bonds. The Morgan fingerprint density at radius 1 is 1.00 bits per heavy atom. The van der Waals surface area contributed by atoms with Crippen molar-refractivity contribution >= 4 is 33.3 Å². The third kappa shape index (κ3) is 11.2. The summed E-state index contributed by atoms with van der Waals surface area (Å²) in [5.74, 6) is -0.991. The molecular formula is C23H47NO9S. The van der Waals surface area contributed by atoms with Crippen molar-refractivity contribution in [3.8, 4) is 5.75 Å². The van der Waals surface area contributed by atoms with Crippen molar-refractivity contribution in [3.63, 3.8) is 0 Å². The molecule has 0 spiro atoms. The molecule has 0 saturated carbocycles. The van der Waals surface area contributed by atoms with Gasteiger partial charge in [-0.05, 0) is 39.8 Å². The lowest BCUT2D eigenvalue weighted by atomic mass is 10.0. The second-order valence-electron chi connectivity index (χ2n) is 6.22. The molecule has 0 fully saturated rings. The number of rotatable bonds is 9. The maximum absolute atomic E-state index is 12.3. The fourth-order valence-electron chi connectivity index (χ4n) is 1.83. The van der Waals surface area contributed by atoms with Crippen LogP contribution in [0.3, 0.4) is 0 Å². The van der Waals surface area contributed by atoms with Crippen LogP contribution in [0.4, 0.5) is 5.69 Å². The maximum Gasteiger partial charge on any atom is 0.298 e. The zero-order chi connectivity index (χ0) is 23.7. The van der Waals surface area contributed by atoms with Crippen LogP contribution < -0.4 is 10.1 Å². The van der Waals surface area contributed by atoms with E-state index in [4.69, 9.17) is 9.47 Å². The van der Waals surface area contributed by atoms with Gasteiger partial charge in [-0.25, -0.2) is 0 Å². The summed E-state index contributed by atoms with van der Waals surface area (Å²) in [5.41, 5.74) is -1.80. The summed E-state index contributed by atoms with van der Waals surface area (Å²) in [5, 5.41) is 2.38. The number of amides is 1. The molecule has 11 heteroatoms. The lowest BCUT2D eigenvalue weighted by Crippen LogP contribution is -2.47. The summed E-state index contributed by atoms with van der Waals surface area (Å²) in [6, 6.07) is 3.99. The van der Waals surface area contributed by atoms with Gasteiger partial charge in [0.15, 0.2) is 11.6 Å². The average Bonchev–Trinajstić information content (AvgIpc) is 2.72. The largest absolute Gasteiger partial charge is 0.497 e. The fourth-order valence-corrected chi connectivity index (χ4v) is 2.66. The van der Waals surface area contributed by atoms with Crippen LogP contribution in [0.1, 0.15) is 58.8 Å². The summed E-state index contributed by atoms with van der Waals surface area (Å²) in [4.78, 5) is 33.9. The third-order valence-electron chi connectivity index (χ3n) is 4.37. The van der Waals surface area contributed by atoms with Crippen LogP contribution in [-0.4, -0.2) is 66.0 Å². The molecule has 0 aromatic heterocycles. The van der Waals surface area contributed by atoms with Gasteiger partial charge in [-0.1, -0.05) is 29.7 Å². The molecule has 0 radical (unpaired) electrons. The Labute approximate surface area is 207 Å². The Morgan fingerprint density at radius 3 is 1.79 bits per heavy atom. The minimum atomic E-state index is -4.10. The first-order valence-corrected chi connectivity index (χ1v) is 10.1. The summed E-state index contributed by atoms with van der Waals surface area (Å²) < 4.78 is 43.1. The van der Waals surface area contributed by atoms with Crippen molar-refractivity contribution in [1.29, 1.82) is 0 Å². The van der Waals surface area contributed by atoms with E-state index in [0.717, 1.165) is 7.11 Å². The molecule has 204 valence electrons. The number of benzene rings is 1. The highest BCUT2D eigenvalue weighted by Gasteiger charge is 2.39. The summed E-state index contributed by atoms with van der Waals surface area (Å²) in [6.07, 6.45) is -0.236. The number of carbonyl (C=O) groups is 3. The molecule has 0 aliphatic carbocycles. The molecular weight excluding hydrogens is 466 g/mol. The minimum Gasteiger partial charge on any atom is -0.497 e. The standard InChI is InChI=1S/C14H19NO7S.C5H10O2.4CH4.H2/c1-9(16)14(2,21-4)13(17)15-11-7-6-10(20-3)8-12(11)23(18,19)22-5;1-4(6)5(2)7-3;;;;;/h6-8H,1-5H3,(H,15,17);5H,1-3H3;4*1H4;1H. The van der Waals surface area contributed by atoms with Crippen LogP contribution in [0.25, 0.3) is 0 Å². The lowest BCUT2D eigenvalue weighted by molar-refractivity contribution is -0.149. The van der Waals surface area contributed by atoms with Gasteiger partial charge in [0.1, 0.15) is 16.7 Å². The highest BCUT2D eigenvalue weighted by Crippen LogP contribution is 2.28. The van der Waals surface area contributed by atoms with E-state index in [1.165, 1.54) is 60.3 Å². The molecule has 0 bridgehead atoms. The SMILES string of the molecule is C.C.C.C.COC(C)C(C)=O.COc1ccc(NC(=O)C(C)(OC)C(C)=O)c(S(=O)(=O)OC)c1.[HH]. The lowest BCUT2D eigenvalue weighted by Gasteiger charge is -2.24. The number of methoxy groups -OCH3 is 3. The number of hydrogen-bond acceptors (Lipinski definition) is 9. The molecule has 2 unspecified atom stereocenters. The number of ether oxygens (including phenoxy) is 3. The van der Waals surface area contributed by atoms with E-state index in [-0.39, 0.29) is 59.4 Å². The van der Waals surface area contributed by atoms with Crippen LogP contribution in [-0.2, 0) is 38.2 Å². The molecule has 10 nitrogen and oxygen atoms in total. The molecule has 2 atom stereocenters. The summed E-state index contributed by atoms with van der Waals surface area (Å²) in [7, 11) is 0.995. The molecule has 0 aliphatic heterocycles. The van der Waals surface area contributed by atoms with Crippen LogP contribution in [0.2, 0.25) is 0 Å². The molecule has 1 aromatic carbocycles. The number of Topliss-reactive ketones (excluding diaryl/α,β-unsaturated/α-hetero) is 2. The van der Waals surface area contributed by atoms with Gasteiger partial charge in [0.25, 0.3) is 16.0 Å². The maximum atomic E-state index is 12.3. The number of nitrogens with one attached hydrogen (secondary N) is 1. The second-order valence-corrected chi connectivity index (χ2v) is 7.90. The van der Waals surface area contributed by atoms with Crippen molar-refractivity contribution in [3.05, 3.63) is 18.2 Å². The first kappa shape index (κ1) is 41.9. The van der Waals surface area contributed by atoms with Gasteiger partial charge in [0.2, 0.25) is 5.60 Å². The van der Waals surface area contributed by atoms with Gasteiger partial charge >= 0.3 is 0 Å². The van der Waals surface area contributed by atoms with Crippen LogP contribution >= 0.6 is 0 Å². The van der Waals surface area contributed by atoms with E-state index < -0.39 is 27.4 Å². The summed E-state index contributed by atoms with van der Waals surface area (Å²) in [6.45, 7) is 5.72. The molecule has 1 aromatic rings. The van der Waals surface area contributed by atoms with Crippen molar-refractivity contribution in [2.24, 2.45) is 0 Å². The predicted octanol–water partition coefficient (Wildman–Crippen LogP) is 4.36. The fraction of sp³-hybridized carbons (Fsp3) is 0.609. The van der Waals surface area contributed by atoms with Crippen molar-refractivity contribution < 1.29 is 42.6 Å². The minimum absolute atomic E-state index is 0. The Kier molecular flexibility index (Phi) is 22.2. The number of anilines is 1. The van der Waals surface area contributed by atoms with Crippen molar-refractivity contribution in [2.45, 2.75) is 74.0 Å². The van der Waals surface area contributed by atoms with E-state index in [2.05, 4.69) is 14.2 Å². The predicted molar refractivity (Wildman–Crippen MR) is 138 cm³/mol. The van der Waals surface area contributed by atoms with Gasteiger partial charge in [-0.2, -0.15) is 8.42 Å². The Bertz CT molecular complexity index is 876. The quantitative estimate of drug-likeness (QED) is 0.377. The highest BCUT2D eigenvalue weighted by molar-refractivity contribution is 7.87. The van der Waals surface area contributed by atoms with E-state index in [1.807, 2.05) is 0 Å². The monoisotopic (exact) mass is 513 g/mol. The zero-order valence-electron chi connectivity index (χ0n) is 18.4. The van der Waals surface area contributed by atoms with Crippen molar-refractivity contribution in [1.82, 2.24) is 0 Å². The van der Waals surface area contributed by atoms with Gasteiger partial charge in [0.05, 0.1) is 19.9 Å². The normalized spacial score (nSPS) is 12.2. The van der Waals surface area contributed by atoms with Crippen LogP contribution in [0.5, 0.6) is 5.75 Å². The first-order valence-electron chi connectivity index (χ1n) is 8.70. The van der Waals surface area contributed by atoms with Gasteiger partial charge < -0.3 is 19.5 Å². The number of hydrogen-bond donors (Lipinski definition) is 1. The Balaban J connectivity index is -0.000000154. The second kappa shape index (κ2) is 18.0. The molecule has 0 saturated heterocycles. The molecule has 34 heavy (non-hydrogen) atoms. The first-order chi connectivity index (χ1) is 13.8. The highest BCUT2D eigenvalue weighted by atomic mass is 32.2. The molecule has 1 rings (SSSR count). The third-order valence-corrected chi connectivity index (χ3v) is 5.68. The Morgan fingerprint density at radius 2 is 1.50 bits per heavy atom. The molecule has 1 N–H and O–H groups in total. The summed E-state index contributed by atoms with van der Waals surface area (Å²) >= 11 is 0. The van der Waals surface area contributed by atoms with Crippen LogP contribution in [0.15, 0.2) is 23.1 Å². The zero-order valence-corrected chi connectivity index (χ0v) is 19.2.